The van der Waals surface area contributed by atoms with Gasteiger partial charge in [0.1, 0.15) is 5.54 Å². The number of methoxy groups -OCH3 is 2. The molecule has 2 fully saturated rings. The van der Waals surface area contributed by atoms with Gasteiger partial charge >= 0.3 is 6.03 Å². The van der Waals surface area contributed by atoms with E-state index in [9.17, 15) is 9.59 Å². The molecule has 1 atom stereocenters. The van der Waals surface area contributed by atoms with Crippen LogP contribution in [-0.2, 0) is 11.2 Å². The largest absolute Gasteiger partial charge is 0.493 e. The number of amides is 3. The molecule has 1 N–H and O–H groups in total. The molecule has 34 heavy (non-hydrogen) atoms. The molecule has 2 aromatic rings. The zero-order chi connectivity index (χ0) is 23.7. The minimum Gasteiger partial charge on any atom is -0.493 e. The molecular formula is C27H33N3O4. The fraction of sp³-hybridized carbons (Fsp3) is 0.481. The smallest absolute Gasteiger partial charge is 0.326 e. The Kier molecular flexibility index (Phi) is 6.21. The van der Waals surface area contributed by atoms with E-state index in [1.165, 1.54) is 10.5 Å². The monoisotopic (exact) mass is 463 g/mol. The van der Waals surface area contributed by atoms with Gasteiger partial charge < -0.3 is 14.8 Å². The minimum absolute atomic E-state index is 0.0654. The highest BCUT2D eigenvalue weighted by molar-refractivity contribution is 6.07. The lowest BCUT2D eigenvalue weighted by Crippen LogP contribution is -2.49. The van der Waals surface area contributed by atoms with Crippen molar-refractivity contribution >= 4 is 11.9 Å². The molecule has 2 heterocycles. The first-order valence-corrected chi connectivity index (χ1v) is 12.2. The van der Waals surface area contributed by atoms with Crippen LogP contribution in [-0.4, -0.2) is 54.7 Å². The number of benzene rings is 2. The van der Waals surface area contributed by atoms with Crippen LogP contribution in [0.5, 0.6) is 11.5 Å². The molecule has 2 aliphatic heterocycles. The molecule has 0 bridgehead atoms. The second-order valence-electron chi connectivity index (χ2n) is 9.58. The molecule has 3 amide bonds. The number of carbonyl (C=O) groups is 2. The summed E-state index contributed by atoms with van der Waals surface area (Å²) in [7, 11) is 3.29. The molecule has 180 valence electrons. The fourth-order valence-corrected chi connectivity index (χ4v) is 5.83. The van der Waals surface area contributed by atoms with Crippen molar-refractivity contribution in [3.8, 4) is 11.5 Å². The highest BCUT2D eigenvalue weighted by Crippen LogP contribution is 2.41. The zero-order valence-corrected chi connectivity index (χ0v) is 20.0. The van der Waals surface area contributed by atoms with Gasteiger partial charge in [0.05, 0.1) is 26.9 Å². The van der Waals surface area contributed by atoms with Crippen LogP contribution in [0.1, 0.15) is 61.3 Å². The van der Waals surface area contributed by atoms with Crippen molar-refractivity contribution < 1.29 is 19.1 Å². The average Bonchev–Trinajstić information content (AvgIpc) is 3.01. The van der Waals surface area contributed by atoms with Gasteiger partial charge in [0.2, 0.25) is 0 Å². The SMILES string of the molecule is COc1cc2c(cc1OC)[C@H](c1ccccc1)N(CN1C(=O)NC3(CCCCCC3)C1=O)CC2. The van der Waals surface area contributed by atoms with Crippen LogP contribution in [0.25, 0.3) is 0 Å². The molecule has 1 saturated heterocycles. The number of nitrogens with zero attached hydrogens (tertiary/aromatic N) is 2. The molecule has 7 heteroatoms. The van der Waals surface area contributed by atoms with Crippen molar-refractivity contribution in [2.24, 2.45) is 0 Å². The standard InChI is InChI=1S/C27H33N3O4/c1-33-22-16-20-12-15-29(24(19-10-6-5-7-11-19)21(20)17-23(22)34-2)18-30-25(31)27(28-26(30)32)13-8-3-4-9-14-27/h5-7,10-11,16-17,24H,3-4,8-9,12-15,18H2,1-2H3,(H,28,32)/t24-/m0/s1. The molecule has 3 aliphatic rings. The van der Waals surface area contributed by atoms with Crippen LogP contribution in [0.15, 0.2) is 42.5 Å². The van der Waals surface area contributed by atoms with Crippen molar-refractivity contribution in [1.82, 2.24) is 15.1 Å². The summed E-state index contributed by atoms with van der Waals surface area (Å²) < 4.78 is 11.1. The first kappa shape index (κ1) is 22.7. The van der Waals surface area contributed by atoms with Crippen LogP contribution >= 0.6 is 0 Å². The second-order valence-corrected chi connectivity index (χ2v) is 9.58. The summed E-state index contributed by atoms with van der Waals surface area (Å²) in [4.78, 5) is 30.3. The van der Waals surface area contributed by atoms with Gasteiger partial charge in [-0.05, 0) is 48.1 Å². The summed E-state index contributed by atoms with van der Waals surface area (Å²) in [6, 6.07) is 14.0. The number of hydrogen-bond acceptors (Lipinski definition) is 5. The predicted octanol–water partition coefficient (Wildman–Crippen LogP) is 4.25. The molecule has 0 aromatic heterocycles. The molecule has 7 nitrogen and oxygen atoms in total. The third-order valence-corrected chi connectivity index (χ3v) is 7.61. The average molecular weight is 464 g/mol. The predicted molar refractivity (Wildman–Crippen MR) is 129 cm³/mol. The highest BCUT2D eigenvalue weighted by atomic mass is 16.5. The maximum Gasteiger partial charge on any atom is 0.326 e. The highest BCUT2D eigenvalue weighted by Gasteiger charge is 2.51. The van der Waals surface area contributed by atoms with Crippen molar-refractivity contribution in [2.45, 2.75) is 56.5 Å². The Bertz CT molecular complexity index is 1060. The van der Waals surface area contributed by atoms with Gasteiger partial charge in [0, 0.05) is 6.54 Å². The van der Waals surface area contributed by atoms with Gasteiger partial charge in [-0.1, -0.05) is 56.0 Å². The van der Waals surface area contributed by atoms with Crippen molar-refractivity contribution in [3.05, 3.63) is 59.2 Å². The van der Waals surface area contributed by atoms with Crippen LogP contribution in [0.3, 0.4) is 0 Å². The maximum absolute atomic E-state index is 13.6. The number of carbonyl (C=O) groups excluding carboxylic acids is 2. The summed E-state index contributed by atoms with van der Waals surface area (Å²) in [5, 5.41) is 3.08. The molecule has 1 aliphatic carbocycles. The van der Waals surface area contributed by atoms with Gasteiger partial charge in [0.25, 0.3) is 5.91 Å². The quantitative estimate of drug-likeness (QED) is 0.671. The van der Waals surface area contributed by atoms with Gasteiger partial charge in [-0.15, -0.1) is 0 Å². The lowest BCUT2D eigenvalue weighted by molar-refractivity contribution is -0.133. The summed E-state index contributed by atoms with van der Waals surface area (Å²) in [6.45, 7) is 0.992. The van der Waals surface area contributed by atoms with E-state index in [1.807, 2.05) is 24.3 Å². The Balaban J connectivity index is 1.49. The molecule has 1 saturated carbocycles. The molecule has 0 unspecified atom stereocenters. The zero-order valence-electron chi connectivity index (χ0n) is 20.0. The Morgan fingerprint density at radius 3 is 2.32 bits per heavy atom. The van der Waals surface area contributed by atoms with Gasteiger partial charge in [-0.25, -0.2) is 9.69 Å². The second kappa shape index (κ2) is 9.29. The number of ether oxygens (including phenoxy) is 2. The lowest BCUT2D eigenvalue weighted by atomic mass is 9.87. The third-order valence-electron chi connectivity index (χ3n) is 7.61. The fourth-order valence-electron chi connectivity index (χ4n) is 5.83. The summed E-state index contributed by atoms with van der Waals surface area (Å²) in [6.07, 6.45) is 6.46. The van der Waals surface area contributed by atoms with Gasteiger partial charge in [0.15, 0.2) is 11.5 Å². The lowest BCUT2D eigenvalue weighted by Gasteiger charge is -2.39. The van der Waals surface area contributed by atoms with Gasteiger partial charge in [-0.3, -0.25) is 9.69 Å². The molecule has 0 radical (unpaired) electrons. The summed E-state index contributed by atoms with van der Waals surface area (Å²) in [5.41, 5.74) is 2.71. The summed E-state index contributed by atoms with van der Waals surface area (Å²) in [5.74, 6) is 1.33. The number of urea groups is 1. The van der Waals surface area contributed by atoms with E-state index in [0.717, 1.165) is 62.6 Å². The third kappa shape index (κ3) is 3.92. The van der Waals surface area contributed by atoms with Crippen LogP contribution in [0.4, 0.5) is 4.79 Å². The Labute approximate surface area is 201 Å². The van der Waals surface area contributed by atoms with Crippen molar-refractivity contribution in [3.63, 3.8) is 0 Å². The molecule has 5 rings (SSSR count). The summed E-state index contributed by atoms with van der Waals surface area (Å²) >= 11 is 0. The van der Waals surface area contributed by atoms with Gasteiger partial charge in [-0.2, -0.15) is 0 Å². The van der Waals surface area contributed by atoms with E-state index in [4.69, 9.17) is 9.47 Å². The van der Waals surface area contributed by atoms with Crippen molar-refractivity contribution in [1.29, 1.82) is 0 Å². The van der Waals surface area contributed by atoms with Crippen LogP contribution in [0.2, 0.25) is 0 Å². The minimum atomic E-state index is -0.722. The molecule has 2 aromatic carbocycles. The first-order valence-electron chi connectivity index (χ1n) is 12.2. The van der Waals surface area contributed by atoms with E-state index in [1.54, 1.807) is 14.2 Å². The Hall–Kier alpha value is -3.06. The molecule has 1 spiro atoms. The van der Waals surface area contributed by atoms with Crippen LogP contribution in [0, 0.1) is 0 Å². The molecular weight excluding hydrogens is 430 g/mol. The first-order chi connectivity index (χ1) is 16.6. The van der Waals surface area contributed by atoms with E-state index >= 15 is 0 Å². The number of fused-ring (bicyclic) bond motifs is 1. The van der Waals surface area contributed by atoms with E-state index in [-0.39, 0.29) is 24.6 Å². The Morgan fingerprint density at radius 2 is 1.65 bits per heavy atom. The van der Waals surface area contributed by atoms with Crippen LogP contribution < -0.4 is 14.8 Å². The van der Waals surface area contributed by atoms with E-state index < -0.39 is 5.54 Å². The Morgan fingerprint density at radius 1 is 0.971 bits per heavy atom. The number of hydrogen-bond donors (Lipinski definition) is 1. The van der Waals surface area contributed by atoms with E-state index in [0.29, 0.717) is 11.5 Å². The topological polar surface area (TPSA) is 71.1 Å². The number of rotatable bonds is 5. The number of imide groups is 1. The number of nitrogens with one attached hydrogen (secondary N) is 1. The maximum atomic E-state index is 13.6. The van der Waals surface area contributed by atoms with Crippen molar-refractivity contribution in [2.75, 3.05) is 27.4 Å². The normalized spacial score (nSPS) is 22.3. The van der Waals surface area contributed by atoms with E-state index in [2.05, 4.69) is 28.4 Å².